The number of imidazole rings is 1. The van der Waals surface area contributed by atoms with Gasteiger partial charge in [0.1, 0.15) is 22.8 Å². The number of Topliss-reactive ketones (excluding diaryl/α,β-unsaturated/α-hetero) is 1. The van der Waals surface area contributed by atoms with Crippen LogP contribution < -0.4 is 9.64 Å². The van der Waals surface area contributed by atoms with Gasteiger partial charge >= 0.3 is 5.91 Å². The Hall–Kier alpha value is -4.70. The minimum atomic E-state index is -0.976. The van der Waals surface area contributed by atoms with Crippen molar-refractivity contribution in [3.63, 3.8) is 0 Å². The van der Waals surface area contributed by atoms with Crippen LogP contribution in [-0.2, 0) is 9.59 Å². The summed E-state index contributed by atoms with van der Waals surface area (Å²) in [6.07, 6.45) is 1.74. The molecule has 2 N–H and O–H groups in total. The van der Waals surface area contributed by atoms with Crippen LogP contribution in [0.15, 0.2) is 72.4 Å². The quantitative estimate of drug-likeness (QED) is 0.188. The fourth-order valence-corrected chi connectivity index (χ4v) is 5.80. The Bertz CT molecular complexity index is 1770. The van der Waals surface area contributed by atoms with E-state index in [4.69, 9.17) is 4.74 Å². The zero-order valence-electron chi connectivity index (χ0n) is 20.5. The van der Waals surface area contributed by atoms with Gasteiger partial charge in [-0.25, -0.2) is 9.97 Å². The van der Waals surface area contributed by atoms with Gasteiger partial charge in [-0.1, -0.05) is 29.5 Å². The zero-order valence-corrected chi connectivity index (χ0v) is 21.3. The molecule has 1 saturated heterocycles. The number of carbonyl (C=O) groups is 2. The monoisotopic (exact) mass is 526 g/mol. The minimum absolute atomic E-state index is 0.0340. The van der Waals surface area contributed by atoms with E-state index in [1.807, 2.05) is 19.1 Å². The van der Waals surface area contributed by atoms with E-state index in [1.165, 1.54) is 28.4 Å². The Morgan fingerprint density at radius 3 is 2.63 bits per heavy atom. The fraction of sp³-hybridized carbons (Fsp3) is 0.143. The van der Waals surface area contributed by atoms with Crippen LogP contribution in [0.25, 0.3) is 21.6 Å². The number of phenols is 1. The molecule has 0 aliphatic carbocycles. The molecule has 1 fully saturated rings. The van der Waals surface area contributed by atoms with E-state index in [2.05, 4.69) is 9.97 Å². The number of aryl methyl sites for hydroxylation is 1. The van der Waals surface area contributed by atoms with Crippen LogP contribution in [0.3, 0.4) is 0 Å². The van der Waals surface area contributed by atoms with Crippen LogP contribution in [0.4, 0.5) is 5.13 Å². The van der Waals surface area contributed by atoms with Crippen molar-refractivity contribution in [1.82, 2.24) is 14.4 Å². The predicted molar refractivity (Wildman–Crippen MR) is 144 cm³/mol. The van der Waals surface area contributed by atoms with Gasteiger partial charge in [-0.15, -0.1) is 0 Å². The first-order chi connectivity index (χ1) is 18.4. The van der Waals surface area contributed by atoms with Gasteiger partial charge in [-0.2, -0.15) is 0 Å². The topological polar surface area (TPSA) is 117 Å². The lowest BCUT2D eigenvalue weighted by atomic mass is 9.96. The third-order valence-corrected chi connectivity index (χ3v) is 7.46. The lowest BCUT2D eigenvalue weighted by Crippen LogP contribution is -2.29. The maximum atomic E-state index is 13.5. The summed E-state index contributed by atoms with van der Waals surface area (Å²) in [6, 6.07) is 16.1. The van der Waals surface area contributed by atoms with Crippen molar-refractivity contribution in [3.05, 3.63) is 89.4 Å². The lowest BCUT2D eigenvalue weighted by molar-refractivity contribution is -0.132. The molecule has 0 spiro atoms. The molecule has 6 rings (SSSR count). The SMILES string of the molecule is CCOc1ccc2nc(N3C(=O)C(=O)/C(=C(/O)c4c(C)nc5ccccn45)C3c3ccc(O)cc3)sc2c1. The largest absolute Gasteiger partial charge is 0.508 e. The van der Waals surface area contributed by atoms with E-state index < -0.39 is 17.7 Å². The highest BCUT2D eigenvalue weighted by molar-refractivity contribution is 7.22. The first-order valence-electron chi connectivity index (χ1n) is 11.9. The molecular weight excluding hydrogens is 504 g/mol. The highest BCUT2D eigenvalue weighted by atomic mass is 32.1. The van der Waals surface area contributed by atoms with E-state index >= 15 is 0 Å². The summed E-state index contributed by atoms with van der Waals surface area (Å²) in [5, 5.41) is 21.8. The van der Waals surface area contributed by atoms with Gasteiger partial charge in [0, 0.05) is 6.20 Å². The van der Waals surface area contributed by atoms with Gasteiger partial charge in [0.2, 0.25) is 0 Å². The summed E-state index contributed by atoms with van der Waals surface area (Å²) in [5.41, 5.74) is 2.53. The van der Waals surface area contributed by atoms with Crippen LogP contribution in [0, 0.1) is 6.92 Å². The summed E-state index contributed by atoms with van der Waals surface area (Å²) in [5.74, 6) is -1.26. The number of aliphatic hydroxyl groups is 1. The number of nitrogens with zero attached hydrogens (tertiary/aromatic N) is 4. The molecule has 0 bridgehead atoms. The number of ketones is 1. The molecule has 5 aromatic rings. The van der Waals surface area contributed by atoms with Crippen LogP contribution in [0.1, 0.15) is 29.9 Å². The summed E-state index contributed by atoms with van der Waals surface area (Å²) < 4.78 is 8.06. The second-order valence-corrected chi connectivity index (χ2v) is 9.80. The average molecular weight is 527 g/mol. The summed E-state index contributed by atoms with van der Waals surface area (Å²) in [7, 11) is 0. The molecule has 1 unspecified atom stereocenters. The Labute approximate surface area is 220 Å². The van der Waals surface area contributed by atoms with Crippen molar-refractivity contribution >= 4 is 49.8 Å². The first kappa shape index (κ1) is 23.7. The number of fused-ring (bicyclic) bond motifs is 2. The van der Waals surface area contributed by atoms with Crippen molar-refractivity contribution in [2.24, 2.45) is 0 Å². The molecular formula is C28H22N4O5S. The number of hydrogen-bond donors (Lipinski definition) is 2. The van der Waals surface area contributed by atoms with E-state index in [-0.39, 0.29) is 17.1 Å². The van der Waals surface area contributed by atoms with Crippen molar-refractivity contribution in [1.29, 1.82) is 0 Å². The van der Waals surface area contributed by atoms with Crippen LogP contribution in [0.5, 0.6) is 11.5 Å². The van der Waals surface area contributed by atoms with Crippen LogP contribution >= 0.6 is 11.3 Å². The van der Waals surface area contributed by atoms with Crippen molar-refractivity contribution in [2.75, 3.05) is 11.5 Å². The number of amides is 1. The third kappa shape index (κ3) is 3.69. The second kappa shape index (κ2) is 9.00. The number of phenolic OH excluding ortho intramolecular Hbond substituents is 1. The van der Waals surface area contributed by atoms with Gasteiger partial charge in [0.15, 0.2) is 10.9 Å². The molecule has 10 heteroatoms. The number of aromatic nitrogens is 3. The summed E-state index contributed by atoms with van der Waals surface area (Å²) in [6.45, 7) is 4.14. The van der Waals surface area contributed by atoms with Gasteiger partial charge in [0.25, 0.3) is 5.78 Å². The number of hydrogen-bond acceptors (Lipinski definition) is 8. The van der Waals surface area contributed by atoms with Gasteiger partial charge in [-0.05, 0) is 61.9 Å². The third-order valence-electron chi connectivity index (χ3n) is 6.45. The molecule has 0 radical (unpaired) electrons. The molecule has 1 amide bonds. The summed E-state index contributed by atoms with van der Waals surface area (Å²) >= 11 is 1.25. The maximum Gasteiger partial charge on any atom is 0.301 e. The van der Waals surface area contributed by atoms with Crippen LogP contribution in [0.2, 0.25) is 0 Å². The van der Waals surface area contributed by atoms with Crippen molar-refractivity contribution in [2.45, 2.75) is 19.9 Å². The molecule has 1 atom stereocenters. The lowest BCUT2D eigenvalue weighted by Gasteiger charge is -2.23. The maximum absolute atomic E-state index is 13.5. The predicted octanol–water partition coefficient (Wildman–Crippen LogP) is 4.98. The standard InChI is InChI=1S/C28H22N4O5S/c1-3-37-18-11-12-19-20(14-18)38-28(30-19)32-24(16-7-9-17(33)10-8-16)22(26(35)27(32)36)25(34)23-15(2)29-21-6-4-5-13-31(21)23/h4-14,24,33-34H,3H2,1-2H3/b25-22+. The molecule has 9 nitrogen and oxygen atoms in total. The fourth-order valence-electron chi connectivity index (χ4n) is 4.78. The highest BCUT2D eigenvalue weighted by Gasteiger charge is 2.48. The Morgan fingerprint density at radius 1 is 1.08 bits per heavy atom. The normalized spacial score (nSPS) is 17.1. The highest BCUT2D eigenvalue weighted by Crippen LogP contribution is 2.45. The second-order valence-electron chi connectivity index (χ2n) is 8.79. The molecule has 4 heterocycles. The zero-order chi connectivity index (χ0) is 26.6. The number of carbonyl (C=O) groups excluding carboxylic acids is 2. The van der Waals surface area contributed by atoms with Gasteiger partial charge in [-0.3, -0.25) is 18.9 Å². The molecule has 2 aromatic carbocycles. The van der Waals surface area contributed by atoms with E-state index in [1.54, 1.807) is 53.9 Å². The van der Waals surface area contributed by atoms with E-state index in [0.29, 0.717) is 45.6 Å². The Morgan fingerprint density at radius 2 is 1.87 bits per heavy atom. The van der Waals surface area contributed by atoms with Crippen LogP contribution in [-0.4, -0.2) is 42.9 Å². The van der Waals surface area contributed by atoms with E-state index in [0.717, 1.165) is 4.70 Å². The van der Waals surface area contributed by atoms with Gasteiger partial charge < -0.3 is 14.9 Å². The number of thiazole rings is 1. The molecule has 1 aliphatic rings. The Balaban J connectivity index is 1.57. The number of ether oxygens (including phenoxy) is 1. The van der Waals surface area contributed by atoms with Gasteiger partial charge in [0.05, 0.1) is 34.1 Å². The van der Waals surface area contributed by atoms with E-state index in [9.17, 15) is 19.8 Å². The average Bonchev–Trinajstić information content (AvgIpc) is 3.55. The Kier molecular flexibility index (Phi) is 5.61. The number of pyridine rings is 1. The summed E-state index contributed by atoms with van der Waals surface area (Å²) in [4.78, 5) is 37.5. The smallest absolute Gasteiger partial charge is 0.301 e. The molecule has 3 aromatic heterocycles. The number of aromatic hydroxyl groups is 1. The van der Waals surface area contributed by atoms with Crippen molar-refractivity contribution < 1.29 is 24.5 Å². The number of anilines is 1. The number of aliphatic hydroxyl groups excluding tert-OH is 1. The first-order valence-corrected chi connectivity index (χ1v) is 12.8. The minimum Gasteiger partial charge on any atom is -0.508 e. The number of rotatable bonds is 5. The number of benzene rings is 2. The molecule has 0 saturated carbocycles. The molecule has 190 valence electrons. The van der Waals surface area contributed by atoms with Crippen molar-refractivity contribution in [3.8, 4) is 11.5 Å². The molecule has 38 heavy (non-hydrogen) atoms. The molecule has 1 aliphatic heterocycles.